The van der Waals surface area contributed by atoms with Crippen LogP contribution in [0.25, 0.3) is 0 Å². The Hall–Kier alpha value is -0.430. The van der Waals surface area contributed by atoms with Gasteiger partial charge in [0.25, 0.3) is 5.91 Å². The lowest BCUT2D eigenvalue weighted by Gasteiger charge is -2.24. The van der Waals surface area contributed by atoms with Crippen LogP contribution in [0.3, 0.4) is 0 Å². The number of carbonyl (C=O) groups excluding carboxylic acids is 1. The van der Waals surface area contributed by atoms with Crippen LogP contribution in [-0.4, -0.2) is 23.9 Å². The van der Waals surface area contributed by atoms with Gasteiger partial charge in [0.15, 0.2) is 0 Å². The zero-order valence-corrected chi connectivity index (χ0v) is 11.8. The number of hydrogen-bond acceptors (Lipinski definition) is 4. The smallest absolute Gasteiger partial charge is 0.251 e. The Morgan fingerprint density at radius 1 is 1.75 bits per heavy atom. The van der Waals surface area contributed by atoms with Crippen molar-refractivity contribution in [3.05, 3.63) is 20.8 Å². The standard InChI is InChI=1S/C10H16BrN3OS/c1-3-8(10(15)13-12)14(2)5-7-4-9(11)16-6-7/h4,6,8H,3,5,12H2,1-2H3,(H,13,15). The molecule has 16 heavy (non-hydrogen) atoms. The third-order valence-corrected chi connectivity index (χ3v) is 3.97. The lowest BCUT2D eigenvalue weighted by atomic mass is 10.1. The van der Waals surface area contributed by atoms with Crippen LogP contribution >= 0.6 is 27.3 Å². The molecule has 0 aromatic carbocycles. The van der Waals surface area contributed by atoms with Crippen molar-refractivity contribution in [3.63, 3.8) is 0 Å². The van der Waals surface area contributed by atoms with E-state index < -0.39 is 0 Å². The first-order valence-electron chi connectivity index (χ1n) is 5.02. The number of carbonyl (C=O) groups is 1. The molecule has 0 bridgehead atoms. The third-order valence-electron chi connectivity index (χ3n) is 2.42. The van der Waals surface area contributed by atoms with Crippen molar-refractivity contribution in [2.45, 2.75) is 25.9 Å². The quantitative estimate of drug-likeness (QED) is 0.495. The molecule has 1 aromatic heterocycles. The van der Waals surface area contributed by atoms with E-state index >= 15 is 0 Å². The van der Waals surface area contributed by atoms with Gasteiger partial charge >= 0.3 is 0 Å². The number of rotatable bonds is 5. The van der Waals surface area contributed by atoms with Gasteiger partial charge in [0.1, 0.15) is 0 Å². The molecule has 0 radical (unpaired) electrons. The number of hydrazine groups is 1. The van der Waals surface area contributed by atoms with Gasteiger partial charge in [-0.15, -0.1) is 11.3 Å². The van der Waals surface area contributed by atoms with E-state index in [1.165, 1.54) is 5.56 Å². The summed E-state index contributed by atoms with van der Waals surface area (Å²) in [5, 5.41) is 2.08. The van der Waals surface area contributed by atoms with Crippen molar-refractivity contribution < 1.29 is 4.79 Å². The van der Waals surface area contributed by atoms with Gasteiger partial charge in [-0.2, -0.15) is 0 Å². The van der Waals surface area contributed by atoms with Crippen molar-refractivity contribution in [1.82, 2.24) is 10.3 Å². The Labute approximate surface area is 108 Å². The van der Waals surface area contributed by atoms with E-state index in [9.17, 15) is 4.79 Å². The molecule has 0 saturated heterocycles. The summed E-state index contributed by atoms with van der Waals surface area (Å²) < 4.78 is 1.10. The number of nitrogens with zero attached hydrogens (tertiary/aromatic N) is 1. The minimum absolute atomic E-state index is 0.140. The van der Waals surface area contributed by atoms with Crippen molar-refractivity contribution in [2.24, 2.45) is 5.84 Å². The summed E-state index contributed by atoms with van der Waals surface area (Å²) in [6.45, 7) is 2.72. The fourth-order valence-corrected chi connectivity index (χ4v) is 2.82. The normalized spacial score (nSPS) is 12.8. The Bertz CT molecular complexity index is 356. The maximum absolute atomic E-state index is 11.5. The van der Waals surface area contributed by atoms with Gasteiger partial charge in [-0.3, -0.25) is 15.1 Å². The molecule has 1 heterocycles. The third kappa shape index (κ3) is 3.55. The van der Waals surface area contributed by atoms with Crippen LogP contribution in [0, 0.1) is 0 Å². The molecule has 90 valence electrons. The van der Waals surface area contributed by atoms with Crippen LogP contribution in [0.5, 0.6) is 0 Å². The highest BCUT2D eigenvalue weighted by molar-refractivity contribution is 9.11. The van der Waals surface area contributed by atoms with Gasteiger partial charge in [-0.1, -0.05) is 6.92 Å². The number of amides is 1. The van der Waals surface area contributed by atoms with E-state index in [2.05, 4.69) is 32.8 Å². The van der Waals surface area contributed by atoms with Crippen molar-refractivity contribution >= 4 is 33.2 Å². The summed E-state index contributed by atoms with van der Waals surface area (Å²) in [5.74, 6) is 5.01. The number of hydrogen-bond donors (Lipinski definition) is 2. The lowest BCUT2D eigenvalue weighted by molar-refractivity contribution is -0.126. The van der Waals surface area contributed by atoms with Gasteiger partial charge in [0, 0.05) is 6.54 Å². The van der Waals surface area contributed by atoms with Crippen LogP contribution < -0.4 is 11.3 Å². The van der Waals surface area contributed by atoms with E-state index in [-0.39, 0.29) is 11.9 Å². The van der Waals surface area contributed by atoms with Gasteiger partial charge in [-0.25, -0.2) is 5.84 Å². The Morgan fingerprint density at radius 3 is 2.88 bits per heavy atom. The average Bonchev–Trinajstić information content (AvgIpc) is 2.64. The van der Waals surface area contributed by atoms with E-state index in [1.807, 2.05) is 18.9 Å². The number of nitrogens with two attached hydrogens (primary N) is 1. The maximum atomic E-state index is 11.5. The van der Waals surface area contributed by atoms with E-state index in [4.69, 9.17) is 5.84 Å². The second-order valence-corrected chi connectivity index (χ2v) is 5.90. The number of halogens is 1. The Kier molecular flexibility index (Phi) is 5.40. The largest absolute Gasteiger partial charge is 0.293 e. The molecule has 1 rings (SSSR count). The highest BCUT2D eigenvalue weighted by Crippen LogP contribution is 2.22. The number of nitrogens with one attached hydrogen (secondary N) is 1. The topological polar surface area (TPSA) is 58.4 Å². The van der Waals surface area contributed by atoms with E-state index in [0.717, 1.165) is 16.8 Å². The second-order valence-electron chi connectivity index (χ2n) is 3.61. The van der Waals surface area contributed by atoms with E-state index in [1.54, 1.807) is 11.3 Å². The molecule has 6 heteroatoms. The number of thiophene rings is 1. The molecule has 1 amide bonds. The van der Waals surface area contributed by atoms with Crippen LogP contribution in [0.15, 0.2) is 15.2 Å². The summed E-state index contributed by atoms with van der Waals surface area (Å²) in [6, 6.07) is 1.89. The zero-order valence-electron chi connectivity index (χ0n) is 9.37. The molecule has 0 saturated carbocycles. The minimum atomic E-state index is -0.177. The summed E-state index contributed by atoms with van der Waals surface area (Å²) in [7, 11) is 1.93. The average molecular weight is 306 g/mol. The van der Waals surface area contributed by atoms with Crippen LogP contribution in [-0.2, 0) is 11.3 Å². The monoisotopic (exact) mass is 305 g/mol. The molecule has 3 N–H and O–H groups in total. The Balaban J connectivity index is 2.62. The fraction of sp³-hybridized carbons (Fsp3) is 0.500. The Morgan fingerprint density at radius 2 is 2.44 bits per heavy atom. The fourth-order valence-electron chi connectivity index (χ4n) is 1.62. The molecule has 1 atom stereocenters. The summed E-state index contributed by atoms with van der Waals surface area (Å²) in [5.41, 5.74) is 3.40. The summed E-state index contributed by atoms with van der Waals surface area (Å²) in [4.78, 5) is 13.5. The van der Waals surface area contributed by atoms with Crippen LogP contribution in [0.2, 0.25) is 0 Å². The summed E-state index contributed by atoms with van der Waals surface area (Å²) >= 11 is 5.06. The van der Waals surface area contributed by atoms with Gasteiger partial charge < -0.3 is 0 Å². The SMILES string of the molecule is CCC(C(=O)NN)N(C)Cc1csc(Br)c1. The molecular weight excluding hydrogens is 290 g/mol. The minimum Gasteiger partial charge on any atom is -0.293 e. The van der Waals surface area contributed by atoms with Gasteiger partial charge in [0.05, 0.1) is 9.83 Å². The highest BCUT2D eigenvalue weighted by Gasteiger charge is 2.20. The van der Waals surface area contributed by atoms with E-state index in [0.29, 0.717) is 0 Å². The molecule has 1 unspecified atom stereocenters. The van der Waals surface area contributed by atoms with Crippen molar-refractivity contribution in [3.8, 4) is 0 Å². The van der Waals surface area contributed by atoms with Crippen LogP contribution in [0.1, 0.15) is 18.9 Å². The number of likely N-dealkylation sites (N-methyl/N-ethyl adjacent to an activating group) is 1. The molecule has 4 nitrogen and oxygen atoms in total. The molecular formula is C10H16BrN3OS. The zero-order chi connectivity index (χ0) is 12.1. The van der Waals surface area contributed by atoms with Gasteiger partial charge in [-0.05, 0) is 46.4 Å². The molecule has 0 spiro atoms. The molecule has 0 aliphatic rings. The molecule has 1 aromatic rings. The first-order chi connectivity index (χ1) is 7.58. The first kappa shape index (κ1) is 13.6. The summed E-state index contributed by atoms with van der Waals surface area (Å²) in [6.07, 6.45) is 0.741. The predicted octanol–water partition coefficient (Wildman–Crippen LogP) is 1.71. The first-order valence-corrected chi connectivity index (χ1v) is 6.69. The van der Waals surface area contributed by atoms with Crippen molar-refractivity contribution in [2.75, 3.05) is 7.05 Å². The molecule has 0 fully saturated rings. The predicted molar refractivity (Wildman–Crippen MR) is 69.9 cm³/mol. The van der Waals surface area contributed by atoms with Gasteiger partial charge in [0.2, 0.25) is 0 Å². The maximum Gasteiger partial charge on any atom is 0.251 e. The highest BCUT2D eigenvalue weighted by atomic mass is 79.9. The van der Waals surface area contributed by atoms with Crippen LogP contribution in [0.4, 0.5) is 0 Å². The second kappa shape index (κ2) is 6.34. The molecule has 0 aliphatic heterocycles. The van der Waals surface area contributed by atoms with Crippen molar-refractivity contribution in [1.29, 1.82) is 0 Å². The molecule has 0 aliphatic carbocycles. The lowest BCUT2D eigenvalue weighted by Crippen LogP contribution is -2.46.